The molecule has 0 aliphatic carbocycles. The van der Waals surface area contributed by atoms with E-state index in [2.05, 4.69) is 87.4 Å². The molecule has 0 bridgehead atoms. The second-order valence-electron chi connectivity index (χ2n) is 7.69. The number of hydrogen-bond donors (Lipinski definition) is 2. The molecule has 0 amide bonds. The molecule has 0 spiro atoms. The maximum Gasteiger partial charge on any atom is 0.138 e. The van der Waals surface area contributed by atoms with E-state index in [1.54, 1.807) is 11.3 Å². The molecule has 5 heteroatoms. The predicted molar refractivity (Wildman–Crippen MR) is 142 cm³/mol. The van der Waals surface area contributed by atoms with E-state index in [-0.39, 0.29) is 0 Å². The zero-order valence-corrected chi connectivity index (χ0v) is 20.1. The number of rotatable bonds is 7. The van der Waals surface area contributed by atoms with Gasteiger partial charge >= 0.3 is 0 Å². The van der Waals surface area contributed by atoms with E-state index < -0.39 is 0 Å². The van der Waals surface area contributed by atoms with Crippen LogP contribution in [0, 0.1) is 0 Å². The number of thiophene rings is 1. The molecule has 166 valence electrons. The molecule has 0 unspecified atom stereocenters. The van der Waals surface area contributed by atoms with Crippen molar-refractivity contribution in [1.82, 2.24) is 20.2 Å². The molecule has 0 aliphatic heterocycles. The van der Waals surface area contributed by atoms with Gasteiger partial charge in [0.25, 0.3) is 0 Å². The first kappa shape index (κ1) is 22.5. The SMILES string of the molecule is C=C/C(=C\C(=C/C)C(=C)/C=c1/c(-c2cc3c(-c4ccsc4)ccnc3[nH]2)n[nH]/c1=C/C)CC. The summed E-state index contributed by atoms with van der Waals surface area (Å²) in [7, 11) is 0. The van der Waals surface area contributed by atoms with Crippen molar-refractivity contribution in [2.24, 2.45) is 0 Å². The zero-order chi connectivity index (χ0) is 23.4. The molecule has 4 heterocycles. The lowest BCUT2D eigenvalue weighted by Crippen LogP contribution is -2.23. The Morgan fingerprint density at radius 3 is 2.76 bits per heavy atom. The van der Waals surface area contributed by atoms with Gasteiger partial charge in [-0.05, 0) is 83.1 Å². The van der Waals surface area contributed by atoms with Crippen LogP contribution in [0.4, 0.5) is 0 Å². The van der Waals surface area contributed by atoms with Crippen molar-refractivity contribution in [1.29, 1.82) is 0 Å². The molecular weight excluding hydrogens is 424 g/mol. The summed E-state index contributed by atoms with van der Waals surface area (Å²) in [5, 5.41) is 15.1. The van der Waals surface area contributed by atoms with Gasteiger partial charge in [0.15, 0.2) is 0 Å². The van der Waals surface area contributed by atoms with Gasteiger partial charge in [-0.1, -0.05) is 44.4 Å². The quantitative estimate of drug-likeness (QED) is 0.324. The van der Waals surface area contributed by atoms with Gasteiger partial charge in [-0.2, -0.15) is 16.4 Å². The molecule has 0 atom stereocenters. The average molecular weight is 453 g/mol. The zero-order valence-electron chi connectivity index (χ0n) is 19.3. The van der Waals surface area contributed by atoms with E-state index in [0.717, 1.165) is 56.1 Å². The summed E-state index contributed by atoms with van der Waals surface area (Å²) in [5.41, 5.74) is 8.13. The van der Waals surface area contributed by atoms with Crippen LogP contribution < -0.4 is 10.6 Å². The largest absolute Gasteiger partial charge is 0.338 e. The van der Waals surface area contributed by atoms with Crippen LogP contribution in [0.2, 0.25) is 0 Å². The third kappa shape index (κ3) is 4.45. The summed E-state index contributed by atoms with van der Waals surface area (Å²) in [6.07, 6.45) is 13.0. The number of aromatic amines is 2. The third-order valence-corrected chi connectivity index (χ3v) is 6.44. The smallest absolute Gasteiger partial charge is 0.138 e. The summed E-state index contributed by atoms with van der Waals surface area (Å²) in [4.78, 5) is 8.02. The Morgan fingerprint density at radius 1 is 1.24 bits per heavy atom. The number of allylic oxidation sites excluding steroid dienone is 6. The lowest BCUT2D eigenvalue weighted by molar-refractivity contribution is 1.06. The highest BCUT2D eigenvalue weighted by atomic mass is 32.1. The van der Waals surface area contributed by atoms with Gasteiger partial charge < -0.3 is 4.98 Å². The van der Waals surface area contributed by atoms with E-state index in [0.29, 0.717) is 0 Å². The topological polar surface area (TPSA) is 57.4 Å². The number of aromatic nitrogens is 4. The van der Waals surface area contributed by atoms with E-state index in [4.69, 9.17) is 0 Å². The number of pyridine rings is 1. The summed E-state index contributed by atoms with van der Waals surface area (Å²) < 4.78 is 0. The number of nitrogens with one attached hydrogen (secondary N) is 2. The van der Waals surface area contributed by atoms with Crippen LogP contribution >= 0.6 is 11.3 Å². The van der Waals surface area contributed by atoms with Gasteiger partial charge in [0.05, 0.1) is 11.0 Å². The highest BCUT2D eigenvalue weighted by Gasteiger charge is 2.13. The second-order valence-corrected chi connectivity index (χ2v) is 8.47. The molecule has 4 rings (SSSR count). The summed E-state index contributed by atoms with van der Waals surface area (Å²) >= 11 is 1.69. The Balaban J connectivity index is 1.85. The van der Waals surface area contributed by atoms with E-state index >= 15 is 0 Å². The summed E-state index contributed by atoms with van der Waals surface area (Å²) in [5.74, 6) is 0. The van der Waals surface area contributed by atoms with Gasteiger partial charge in [0, 0.05) is 16.8 Å². The Hall–Kier alpha value is -3.70. The molecule has 0 saturated heterocycles. The van der Waals surface area contributed by atoms with Gasteiger partial charge in [-0.15, -0.1) is 0 Å². The number of fused-ring (bicyclic) bond motifs is 1. The van der Waals surface area contributed by atoms with Gasteiger partial charge in [0.2, 0.25) is 0 Å². The van der Waals surface area contributed by atoms with Crippen molar-refractivity contribution >= 4 is 34.5 Å². The van der Waals surface area contributed by atoms with Crippen LogP contribution in [0.1, 0.15) is 27.2 Å². The minimum atomic E-state index is 0.845. The van der Waals surface area contributed by atoms with Crippen molar-refractivity contribution in [2.75, 3.05) is 0 Å². The van der Waals surface area contributed by atoms with E-state index in [1.165, 1.54) is 11.1 Å². The van der Waals surface area contributed by atoms with Crippen molar-refractivity contribution in [2.45, 2.75) is 27.2 Å². The molecule has 4 nitrogen and oxygen atoms in total. The molecule has 33 heavy (non-hydrogen) atoms. The lowest BCUT2D eigenvalue weighted by Gasteiger charge is -2.04. The third-order valence-electron chi connectivity index (χ3n) is 5.75. The maximum atomic E-state index is 4.64. The number of nitrogens with zero attached hydrogens (tertiary/aromatic N) is 2. The van der Waals surface area contributed by atoms with Gasteiger partial charge in [0.1, 0.15) is 11.3 Å². The monoisotopic (exact) mass is 452 g/mol. The average Bonchev–Trinajstić information content (AvgIpc) is 3.58. The molecule has 0 aliphatic rings. The second kappa shape index (κ2) is 9.84. The highest BCUT2D eigenvalue weighted by molar-refractivity contribution is 7.08. The van der Waals surface area contributed by atoms with Crippen LogP contribution in [0.5, 0.6) is 0 Å². The molecule has 4 aromatic heterocycles. The first-order chi connectivity index (χ1) is 16.1. The molecule has 2 N–H and O–H groups in total. The number of H-pyrrole nitrogens is 2. The Morgan fingerprint density at radius 2 is 2.09 bits per heavy atom. The van der Waals surface area contributed by atoms with Crippen molar-refractivity contribution < 1.29 is 0 Å². The van der Waals surface area contributed by atoms with E-state index in [1.807, 2.05) is 32.2 Å². The maximum absolute atomic E-state index is 4.64. The minimum Gasteiger partial charge on any atom is -0.338 e. The Kier molecular flexibility index (Phi) is 6.71. The summed E-state index contributed by atoms with van der Waals surface area (Å²) in [6, 6.07) is 6.32. The first-order valence-corrected chi connectivity index (χ1v) is 12.0. The minimum absolute atomic E-state index is 0.845. The van der Waals surface area contributed by atoms with Crippen LogP contribution in [-0.4, -0.2) is 20.2 Å². The molecular formula is C28H28N4S. The normalized spacial score (nSPS) is 13.8. The molecule has 0 saturated carbocycles. The predicted octanol–water partition coefficient (Wildman–Crippen LogP) is 6.29. The van der Waals surface area contributed by atoms with Crippen LogP contribution in [0.15, 0.2) is 83.3 Å². The van der Waals surface area contributed by atoms with Crippen molar-refractivity contribution in [3.05, 3.63) is 93.8 Å². The fourth-order valence-corrected chi connectivity index (χ4v) is 4.54. The van der Waals surface area contributed by atoms with Crippen LogP contribution in [0.25, 0.3) is 45.7 Å². The highest BCUT2D eigenvalue weighted by Crippen LogP contribution is 2.31. The standard InChI is InChI=1S/C28H28N4S/c1-6-19(7-2)15-20(8-3)18(5)14-24-25(9-4)31-32-27(24)26-16-23-22(21-11-13-33-17-21)10-12-29-28(23)30-26/h6,8-17,31H,1,5,7H2,2-4H3,(H,29,30)/b19-15+,20-8+,24-14+,25-9+. The van der Waals surface area contributed by atoms with Gasteiger partial charge in [-0.3, -0.25) is 5.10 Å². The van der Waals surface area contributed by atoms with Crippen molar-refractivity contribution in [3.63, 3.8) is 0 Å². The molecule has 0 radical (unpaired) electrons. The summed E-state index contributed by atoms with van der Waals surface area (Å²) in [6.45, 7) is 14.4. The first-order valence-electron chi connectivity index (χ1n) is 11.0. The fourth-order valence-electron chi connectivity index (χ4n) is 3.88. The van der Waals surface area contributed by atoms with Gasteiger partial charge in [-0.25, -0.2) is 4.98 Å². The number of hydrogen-bond acceptors (Lipinski definition) is 3. The molecule has 4 aromatic rings. The fraction of sp³-hybridized carbons (Fsp3) is 0.143. The lowest BCUT2D eigenvalue weighted by atomic mass is 10.0. The molecule has 0 aromatic carbocycles. The van der Waals surface area contributed by atoms with Crippen LogP contribution in [-0.2, 0) is 0 Å². The Labute approximate surface area is 198 Å². The Bertz CT molecular complexity index is 1490. The van der Waals surface area contributed by atoms with Crippen molar-refractivity contribution in [3.8, 4) is 22.5 Å². The molecule has 0 fully saturated rings. The van der Waals surface area contributed by atoms with Crippen LogP contribution in [0.3, 0.4) is 0 Å². The van der Waals surface area contributed by atoms with E-state index in [9.17, 15) is 0 Å².